The number of nitrogens with zero attached hydrogens (tertiary/aromatic N) is 1. The minimum atomic E-state index is 0. The molecule has 0 radical (unpaired) electrons. The molecule has 0 heterocycles. The van der Waals surface area contributed by atoms with Crippen LogP contribution in [-0.4, -0.2) is 12.1 Å². The van der Waals surface area contributed by atoms with Gasteiger partial charge in [0, 0.05) is 11.7 Å². The molecule has 1 aromatic rings. The van der Waals surface area contributed by atoms with Crippen LogP contribution in [0.2, 0.25) is 0 Å². The van der Waals surface area contributed by atoms with Crippen LogP contribution in [-0.2, 0) is 0 Å². The van der Waals surface area contributed by atoms with Crippen molar-refractivity contribution in [2.24, 2.45) is 0 Å². The highest BCUT2D eigenvalue weighted by Crippen LogP contribution is 2.18. The summed E-state index contributed by atoms with van der Waals surface area (Å²) in [6.07, 6.45) is 5.46. The number of benzene rings is 1. The summed E-state index contributed by atoms with van der Waals surface area (Å²) in [5, 5.41) is 0. The van der Waals surface area contributed by atoms with Gasteiger partial charge in [-0.1, -0.05) is 24.1 Å². The number of rotatable bonds is 3. The highest BCUT2D eigenvalue weighted by Gasteiger charge is 2.14. The van der Waals surface area contributed by atoms with Gasteiger partial charge in [-0.2, -0.15) is 0 Å². The summed E-state index contributed by atoms with van der Waals surface area (Å²) in [7, 11) is 0. The normalized spacial score (nSPS) is 11.4. The van der Waals surface area contributed by atoms with E-state index < -0.39 is 0 Å². The van der Waals surface area contributed by atoms with Crippen LogP contribution in [0.3, 0.4) is 0 Å². The zero-order chi connectivity index (χ0) is 10.6. The molecule has 0 aromatic heterocycles. The molecule has 0 aliphatic carbocycles. The molecule has 0 spiro atoms. The summed E-state index contributed by atoms with van der Waals surface area (Å²) in [6, 6.07) is 10.8. The van der Waals surface area contributed by atoms with Crippen molar-refractivity contribution in [2.75, 3.05) is 4.90 Å². The van der Waals surface area contributed by atoms with Crippen molar-refractivity contribution in [3.8, 4) is 12.3 Å². The quantitative estimate of drug-likeness (QED) is 0.711. The summed E-state index contributed by atoms with van der Waals surface area (Å²) < 4.78 is 0. The van der Waals surface area contributed by atoms with E-state index >= 15 is 0 Å². The number of hydrogen-bond acceptors (Lipinski definition) is 1. The average molecular weight is 224 g/mol. The lowest BCUT2D eigenvalue weighted by Gasteiger charge is -2.32. The third-order valence-electron chi connectivity index (χ3n) is 2.27. The summed E-state index contributed by atoms with van der Waals surface area (Å²) >= 11 is 0. The second kappa shape index (κ2) is 6.37. The molecule has 1 nitrogen and oxygen atoms in total. The molecule has 0 amide bonds. The maximum absolute atomic E-state index is 5.46. The molecule has 0 bridgehead atoms. The Bertz CT molecular complexity index is 313. The van der Waals surface area contributed by atoms with E-state index in [1.165, 1.54) is 5.69 Å². The van der Waals surface area contributed by atoms with E-state index in [4.69, 9.17) is 6.42 Å². The van der Waals surface area contributed by atoms with Crippen LogP contribution >= 0.6 is 12.4 Å². The highest BCUT2D eigenvalue weighted by molar-refractivity contribution is 5.85. The van der Waals surface area contributed by atoms with Gasteiger partial charge in [-0.05, 0) is 32.9 Å². The monoisotopic (exact) mass is 223 g/mol. The third kappa shape index (κ3) is 3.49. The molecule has 82 valence electrons. The Labute approximate surface area is 98.9 Å². The van der Waals surface area contributed by atoms with E-state index in [2.05, 4.69) is 36.8 Å². The van der Waals surface area contributed by atoms with E-state index in [1.54, 1.807) is 0 Å². The van der Waals surface area contributed by atoms with E-state index in [9.17, 15) is 0 Å². The van der Waals surface area contributed by atoms with Gasteiger partial charge >= 0.3 is 0 Å². The van der Waals surface area contributed by atoms with Crippen LogP contribution in [0.15, 0.2) is 30.3 Å². The van der Waals surface area contributed by atoms with Crippen molar-refractivity contribution in [2.45, 2.75) is 32.9 Å². The van der Waals surface area contributed by atoms with Crippen LogP contribution < -0.4 is 4.90 Å². The number of hydrogen-bond donors (Lipinski definition) is 0. The second-order valence-electron chi connectivity index (χ2n) is 3.68. The van der Waals surface area contributed by atoms with Crippen molar-refractivity contribution in [3.05, 3.63) is 30.3 Å². The van der Waals surface area contributed by atoms with Crippen molar-refractivity contribution in [1.82, 2.24) is 0 Å². The van der Waals surface area contributed by atoms with Gasteiger partial charge in [0.25, 0.3) is 0 Å². The lowest BCUT2D eigenvalue weighted by molar-refractivity contribution is 0.652. The summed E-state index contributed by atoms with van der Waals surface area (Å²) in [5.74, 6) is 2.77. The zero-order valence-corrected chi connectivity index (χ0v) is 10.3. The Kier molecular flexibility index (Phi) is 5.89. The van der Waals surface area contributed by atoms with Crippen LogP contribution in [0.25, 0.3) is 0 Å². The molecule has 1 atom stereocenters. The lowest BCUT2D eigenvalue weighted by Crippen LogP contribution is -2.37. The van der Waals surface area contributed by atoms with Gasteiger partial charge in [-0.3, -0.25) is 0 Å². The molecular weight excluding hydrogens is 206 g/mol. The van der Waals surface area contributed by atoms with Crippen LogP contribution in [0.4, 0.5) is 5.69 Å². The SMILES string of the molecule is C#CC(C)N(c1ccccc1)C(C)C.Cl. The molecule has 2 heteroatoms. The average Bonchev–Trinajstić information content (AvgIpc) is 2.19. The number of anilines is 1. The van der Waals surface area contributed by atoms with Crippen molar-refractivity contribution >= 4 is 18.1 Å². The molecule has 15 heavy (non-hydrogen) atoms. The van der Waals surface area contributed by atoms with Gasteiger partial charge in [0.05, 0.1) is 6.04 Å². The predicted octanol–water partition coefficient (Wildman–Crippen LogP) is 3.34. The standard InChI is InChI=1S/C13H17N.ClH/c1-5-12(4)14(11(2)3)13-9-7-6-8-10-13;/h1,6-12H,2-4H3;1H. The Morgan fingerprint density at radius 1 is 1.13 bits per heavy atom. The second-order valence-corrected chi connectivity index (χ2v) is 3.68. The molecule has 0 saturated carbocycles. The molecule has 0 fully saturated rings. The van der Waals surface area contributed by atoms with E-state index in [0.717, 1.165) is 0 Å². The Morgan fingerprint density at radius 2 is 1.67 bits per heavy atom. The van der Waals surface area contributed by atoms with E-state index in [-0.39, 0.29) is 18.4 Å². The third-order valence-corrected chi connectivity index (χ3v) is 2.27. The zero-order valence-electron chi connectivity index (χ0n) is 9.47. The molecular formula is C13H18ClN. The van der Waals surface area contributed by atoms with Gasteiger partial charge in [-0.25, -0.2) is 0 Å². The summed E-state index contributed by atoms with van der Waals surface area (Å²) in [4.78, 5) is 2.24. The lowest BCUT2D eigenvalue weighted by atomic mass is 10.2. The first-order chi connectivity index (χ1) is 6.66. The first-order valence-corrected chi connectivity index (χ1v) is 4.96. The van der Waals surface area contributed by atoms with Crippen LogP contribution in [0.5, 0.6) is 0 Å². The smallest absolute Gasteiger partial charge is 0.0876 e. The van der Waals surface area contributed by atoms with Gasteiger partial charge in [0.15, 0.2) is 0 Å². The fraction of sp³-hybridized carbons (Fsp3) is 0.385. The molecule has 0 aliphatic heterocycles. The Morgan fingerprint density at radius 3 is 2.07 bits per heavy atom. The van der Waals surface area contributed by atoms with Gasteiger partial charge < -0.3 is 4.90 Å². The molecule has 1 aromatic carbocycles. The minimum absolute atomic E-state index is 0. The van der Waals surface area contributed by atoms with Crippen molar-refractivity contribution in [1.29, 1.82) is 0 Å². The van der Waals surface area contributed by atoms with Crippen molar-refractivity contribution in [3.63, 3.8) is 0 Å². The highest BCUT2D eigenvalue weighted by atomic mass is 35.5. The van der Waals surface area contributed by atoms with Gasteiger partial charge in [0.2, 0.25) is 0 Å². The molecule has 0 aliphatic rings. The molecule has 1 rings (SSSR count). The number of para-hydroxylation sites is 1. The number of halogens is 1. The van der Waals surface area contributed by atoms with E-state index in [1.807, 2.05) is 25.1 Å². The van der Waals surface area contributed by atoms with Gasteiger partial charge in [0.1, 0.15) is 0 Å². The molecule has 0 N–H and O–H groups in total. The molecule has 1 unspecified atom stereocenters. The fourth-order valence-electron chi connectivity index (χ4n) is 1.65. The molecule has 0 saturated heterocycles. The first kappa shape index (κ1) is 13.9. The topological polar surface area (TPSA) is 3.24 Å². The predicted molar refractivity (Wildman–Crippen MR) is 69.6 cm³/mol. The summed E-state index contributed by atoms with van der Waals surface area (Å²) in [5.41, 5.74) is 1.19. The minimum Gasteiger partial charge on any atom is -0.356 e. The van der Waals surface area contributed by atoms with Crippen LogP contribution in [0.1, 0.15) is 20.8 Å². The maximum atomic E-state index is 5.46. The van der Waals surface area contributed by atoms with Gasteiger partial charge in [-0.15, -0.1) is 18.8 Å². The van der Waals surface area contributed by atoms with Crippen molar-refractivity contribution < 1.29 is 0 Å². The number of terminal acetylenes is 1. The first-order valence-electron chi connectivity index (χ1n) is 4.96. The fourth-order valence-corrected chi connectivity index (χ4v) is 1.65. The van der Waals surface area contributed by atoms with Crippen LogP contribution in [0, 0.1) is 12.3 Å². The Hall–Kier alpha value is -1.13. The summed E-state index contributed by atoms with van der Waals surface area (Å²) in [6.45, 7) is 6.36. The maximum Gasteiger partial charge on any atom is 0.0876 e. The Balaban J connectivity index is 0.00000196. The van der Waals surface area contributed by atoms with E-state index in [0.29, 0.717) is 6.04 Å². The largest absolute Gasteiger partial charge is 0.356 e.